The third-order valence-electron chi connectivity index (χ3n) is 3.62. The molecule has 9 heteroatoms. The van der Waals surface area contributed by atoms with Gasteiger partial charge in [-0.3, -0.25) is 24.6 Å². The second-order valence-electron chi connectivity index (χ2n) is 5.33. The summed E-state index contributed by atoms with van der Waals surface area (Å²) >= 11 is 9.99. The van der Waals surface area contributed by atoms with Crippen molar-refractivity contribution in [2.45, 2.75) is 6.54 Å². The summed E-state index contributed by atoms with van der Waals surface area (Å²) in [4.78, 5) is 36.6. The molecule has 132 valence electrons. The van der Waals surface area contributed by atoms with Gasteiger partial charge in [-0.25, -0.2) is 0 Å². The maximum absolute atomic E-state index is 12.6. The Labute approximate surface area is 166 Å². The first-order valence-electron chi connectivity index (χ1n) is 7.29. The molecule has 6 nitrogen and oxygen atoms in total. The molecule has 0 spiro atoms. The molecule has 2 aromatic carbocycles. The summed E-state index contributed by atoms with van der Waals surface area (Å²) < 4.78 is 0.339. The van der Waals surface area contributed by atoms with E-state index in [1.54, 1.807) is 30.3 Å². The van der Waals surface area contributed by atoms with Gasteiger partial charge in [0, 0.05) is 11.1 Å². The van der Waals surface area contributed by atoms with Gasteiger partial charge in [0.1, 0.15) is 0 Å². The summed E-state index contributed by atoms with van der Waals surface area (Å²) in [5.41, 5.74) is 1.01. The molecule has 3 rings (SSSR count). The van der Waals surface area contributed by atoms with Crippen LogP contribution in [0.15, 0.2) is 51.8 Å². The van der Waals surface area contributed by atoms with Gasteiger partial charge in [-0.1, -0.05) is 35.9 Å². The van der Waals surface area contributed by atoms with E-state index in [0.717, 1.165) is 16.7 Å². The average molecular weight is 454 g/mol. The molecular weight excluding hydrogens is 444 g/mol. The molecule has 0 unspecified atom stereocenters. The van der Waals surface area contributed by atoms with Crippen LogP contribution >= 0.6 is 39.3 Å². The second kappa shape index (κ2) is 7.61. The molecule has 1 saturated heterocycles. The zero-order chi connectivity index (χ0) is 18.8. The molecule has 26 heavy (non-hydrogen) atoms. The van der Waals surface area contributed by atoms with E-state index in [2.05, 4.69) is 15.9 Å². The normalized spacial score (nSPS) is 15.8. The molecule has 1 aliphatic rings. The van der Waals surface area contributed by atoms with E-state index in [1.165, 1.54) is 18.2 Å². The maximum atomic E-state index is 12.6. The number of nitro groups is 1. The van der Waals surface area contributed by atoms with E-state index in [4.69, 9.17) is 11.6 Å². The number of nitrogens with zero attached hydrogens (tertiary/aromatic N) is 2. The highest BCUT2D eigenvalue weighted by atomic mass is 79.9. The SMILES string of the molecule is O=C1S/C(=C\c2ccc(Br)c([N+](=O)[O-])c2)C(=O)N1Cc1ccccc1Cl. The Bertz CT molecular complexity index is 964. The van der Waals surface area contributed by atoms with Gasteiger partial charge in [-0.15, -0.1) is 0 Å². The van der Waals surface area contributed by atoms with Crippen molar-refractivity contribution in [2.75, 3.05) is 0 Å². The van der Waals surface area contributed by atoms with Crippen molar-refractivity contribution < 1.29 is 14.5 Å². The average Bonchev–Trinajstić information content (AvgIpc) is 2.85. The number of nitro benzene ring substituents is 1. The standard InChI is InChI=1S/C17H10BrClN2O4S/c18-12-6-5-10(7-14(12)21(24)25)8-15-16(22)20(17(23)26-15)9-11-3-1-2-4-13(11)19/h1-8H,9H2/b15-8-. The largest absolute Gasteiger partial charge is 0.293 e. The molecule has 0 bridgehead atoms. The monoisotopic (exact) mass is 452 g/mol. The number of hydrogen-bond donors (Lipinski definition) is 0. The molecule has 0 radical (unpaired) electrons. The Kier molecular flexibility index (Phi) is 5.45. The first-order chi connectivity index (χ1) is 12.4. The van der Waals surface area contributed by atoms with Crippen molar-refractivity contribution in [3.05, 3.63) is 78.1 Å². The van der Waals surface area contributed by atoms with Crippen LogP contribution in [0, 0.1) is 10.1 Å². The molecule has 0 aromatic heterocycles. The number of carbonyl (C=O) groups is 2. The molecule has 1 heterocycles. The van der Waals surface area contributed by atoms with Crippen LogP contribution in [-0.4, -0.2) is 21.0 Å². The molecule has 0 aliphatic carbocycles. The van der Waals surface area contributed by atoms with Gasteiger partial charge in [0.25, 0.3) is 16.8 Å². The lowest BCUT2D eigenvalue weighted by molar-refractivity contribution is -0.385. The van der Waals surface area contributed by atoms with E-state index in [0.29, 0.717) is 20.6 Å². The minimum absolute atomic E-state index is 0.0716. The number of imide groups is 1. The van der Waals surface area contributed by atoms with E-state index < -0.39 is 16.1 Å². The van der Waals surface area contributed by atoms with Crippen molar-refractivity contribution in [3.63, 3.8) is 0 Å². The fourth-order valence-corrected chi connectivity index (χ4v) is 3.77. The van der Waals surface area contributed by atoms with Gasteiger partial charge in [0.05, 0.1) is 20.8 Å². The van der Waals surface area contributed by atoms with Crippen LogP contribution in [0.4, 0.5) is 10.5 Å². The van der Waals surface area contributed by atoms with Gasteiger partial charge in [0.2, 0.25) is 0 Å². The topological polar surface area (TPSA) is 80.5 Å². The lowest BCUT2D eigenvalue weighted by Crippen LogP contribution is -2.27. The van der Waals surface area contributed by atoms with E-state index in [9.17, 15) is 19.7 Å². The molecule has 0 N–H and O–H groups in total. The van der Waals surface area contributed by atoms with Gasteiger partial charge >= 0.3 is 0 Å². The lowest BCUT2D eigenvalue weighted by Gasteiger charge is -2.13. The zero-order valence-electron chi connectivity index (χ0n) is 13.0. The summed E-state index contributed by atoms with van der Waals surface area (Å²) in [6.45, 7) is 0.0716. The summed E-state index contributed by atoms with van der Waals surface area (Å²) in [6, 6.07) is 11.5. The van der Waals surface area contributed by atoms with Crippen molar-refractivity contribution in [2.24, 2.45) is 0 Å². The predicted octanol–water partition coefficient (Wildman–Crippen LogP) is 5.25. The molecule has 2 amide bonds. The lowest BCUT2D eigenvalue weighted by atomic mass is 10.2. The number of halogens is 2. The Hall–Kier alpha value is -2.16. The van der Waals surface area contributed by atoms with Crippen LogP contribution in [0.5, 0.6) is 0 Å². The molecule has 2 aromatic rings. The number of rotatable bonds is 4. The first kappa shape index (κ1) is 18.6. The molecule has 1 aliphatic heterocycles. The van der Waals surface area contributed by atoms with E-state index in [1.807, 2.05) is 0 Å². The number of benzene rings is 2. The number of thioether (sulfide) groups is 1. The van der Waals surface area contributed by atoms with Gasteiger partial charge in [-0.05, 0) is 57.0 Å². The molecule has 0 saturated carbocycles. The van der Waals surface area contributed by atoms with Crippen molar-refractivity contribution in [3.8, 4) is 0 Å². The fraction of sp³-hybridized carbons (Fsp3) is 0.0588. The highest BCUT2D eigenvalue weighted by molar-refractivity contribution is 9.10. The number of carbonyl (C=O) groups excluding carboxylic acids is 2. The highest BCUT2D eigenvalue weighted by Gasteiger charge is 2.35. The van der Waals surface area contributed by atoms with E-state index in [-0.39, 0.29) is 17.1 Å². The van der Waals surface area contributed by atoms with Crippen molar-refractivity contribution in [1.29, 1.82) is 0 Å². The number of amides is 2. The van der Waals surface area contributed by atoms with Gasteiger partial charge < -0.3 is 0 Å². The van der Waals surface area contributed by atoms with Crippen LogP contribution in [-0.2, 0) is 11.3 Å². The maximum Gasteiger partial charge on any atom is 0.293 e. The Morgan fingerprint density at radius 1 is 1.23 bits per heavy atom. The quantitative estimate of drug-likeness (QED) is 0.359. The van der Waals surface area contributed by atoms with Crippen LogP contribution in [0.2, 0.25) is 5.02 Å². The second-order valence-corrected chi connectivity index (χ2v) is 7.58. The summed E-state index contributed by atoms with van der Waals surface area (Å²) in [5, 5.41) is 11.1. The fourth-order valence-electron chi connectivity index (χ4n) is 2.34. The van der Waals surface area contributed by atoms with Crippen LogP contribution in [0.25, 0.3) is 6.08 Å². The smallest absolute Gasteiger partial charge is 0.268 e. The molecule has 0 atom stereocenters. The molecular formula is C17H10BrClN2O4S. The van der Waals surface area contributed by atoms with Gasteiger partial charge in [0.15, 0.2) is 0 Å². The first-order valence-corrected chi connectivity index (χ1v) is 9.28. The Morgan fingerprint density at radius 2 is 1.96 bits per heavy atom. The van der Waals surface area contributed by atoms with E-state index >= 15 is 0 Å². The van der Waals surface area contributed by atoms with Crippen molar-refractivity contribution >= 4 is 62.2 Å². The zero-order valence-corrected chi connectivity index (χ0v) is 16.2. The number of hydrogen-bond acceptors (Lipinski definition) is 5. The van der Waals surface area contributed by atoms with Crippen LogP contribution in [0.3, 0.4) is 0 Å². The predicted molar refractivity (Wildman–Crippen MR) is 104 cm³/mol. The summed E-state index contributed by atoms with van der Waals surface area (Å²) in [5.74, 6) is -0.453. The Morgan fingerprint density at radius 3 is 2.65 bits per heavy atom. The Balaban J connectivity index is 1.87. The third kappa shape index (κ3) is 3.82. The molecule has 1 fully saturated rings. The van der Waals surface area contributed by atoms with Crippen molar-refractivity contribution in [1.82, 2.24) is 4.90 Å². The summed E-state index contributed by atoms with van der Waals surface area (Å²) in [6.07, 6.45) is 1.47. The minimum Gasteiger partial charge on any atom is -0.268 e. The highest BCUT2D eigenvalue weighted by Crippen LogP contribution is 2.35. The van der Waals surface area contributed by atoms with Gasteiger partial charge in [-0.2, -0.15) is 0 Å². The van der Waals surface area contributed by atoms with Crippen LogP contribution in [0.1, 0.15) is 11.1 Å². The summed E-state index contributed by atoms with van der Waals surface area (Å²) in [7, 11) is 0. The third-order valence-corrected chi connectivity index (χ3v) is 5.57. The van der Waals surface area contributed by atoms with Crippen LogP contribution < -0.4 is 0 Å². The minimum atomic E-state index is -0.523.